The van der Waals surface area contributed by atoms with Gasteiger partial charge in [-0.25, -0.2) is 4.79 Å². The number of nitrogens with one attached hydrogen (secondary N) is 2. The number of urea groups is 1. The molecule has 0 saturated carbocycles. The van der Waals surface area contributed by atoms with Crippen LogP contribution in [0.5, 0.6) is 0 Å². The Labute approximate surface area is 115 Å². The predicted octanol–water partition coefficient (Wildman–Crippen LogP) is 2.68. The molecule has 1 aliphatic heterocycles. The summed E-state index contributed by atoms with van der Waals surface area (Å²) in [6.07, 6.45) is 1.97. The summed E-state index contributed by atoms with van der Waals surface area (Å²) in [4.78, 5) is 13.9. The summed E-state index contributed by atoms with van der Waals surface area (Å²) >= 11 is 0. The highest BCUT2D eigenvalue weighted by Gasteiger charge is 2.26. The minimum absolute atomic E-state index is 0.0618. The number of nitrogens with zero attached hydrogens (tertiary/aromatic N) is 1. The second-order valence-corrected chi connectivity index (χ2v) is 5.20. The lowest BCUT2D eigenvalue weighted by Crippen LogP contribution is -2.43. The van der Waals surface area contributed by atoms with E-state index in [-0.39, 0.29) is 12.1 Å². The molecule has 2 rings (SSSR count). The molecular formula is C15H23N3O. The van der Waals surface area contributed by atoms with E-state index in [0.717, 1.165) is 31.6 Å². The molecule has 0 bridgehead atoms. The van der Waals surface area contributed by atoms with Gasteiger partial charge in [-0.1, -0.05) is 25.1 Å². The Kier molecular flexibility index (Phi) is 4.66. The number of carbonyl (C=O) groups excluding carboxylic acids is 1. The summed E-state index contributed by atoms with van der Waals surface area (Å²) in [7, 11) is 0. The molecule has 0 aliphatic carbocycles. The Bertz CT molecular complexity index is 407. The number of anilines is 1. The highest BCUT2D eigenvalue weighted by atomic mass is 16.2. The van der Waals surface area contributed by atoms with Crippen LogP contribution >= 0.6 is 0 Å². The van der Waals surface area contributed by atoms with Gasteiger partial charge in [0.05, 0.1) is 0 Å². The molecule has 1 aliphatic rings. The minimum Gasteiger partial charge on any atom is -0.380 e. The average Bonchev–Trinajstić information content (AvgIpc) is 2.88. The van der Waals surface area contributed by atoms with Gasteiger partial charge in [0.2, 0.25) is 0 Å². The zero-order valence-corrected chi connectivity index (χ0v) is 11.7. The van der Waals surface area contributed by atoms with E-state index in [0.29, 0.717) is 6.04 Å². The van der Waals surface area contributed by atoms with Gasteiger partial charge in [0, 0.05) is 30.9 Å². The van der Waals surface area contributed by atoms with Crippen LogP contribution in [0, 0.1) is 0 Å². The lowest BCUT2D eigenvalue weighted by Gasteiger charge is -2.20. The summed E-state index contributed by atoms with van der Waals surface area (Å²) in [5, 5.41) is 6.49. The SMILES string of the molecule is CC[C@H](C)NC(=O)N1CC[C@@H](Nc2ccccc2)C1. The first-order valence-corrected chi connectivity index (χ1v) is 7.06. The molecule has 2 N–H and O–H groups in total. The molecule has 19 heavy (non-hydrogen) atoms. The maximum atomic E-state index is 12.0. The fraction of sp³-hybridized carbons (Fsp3) is 0.533. The molecule has 0 radical (unpaired) electrons. The molecule has 1 fully saturated rings. The first-order valence-electron chi connectivity index (χ1n) is 7.06. The number of amides is 2. The molecule has 4 nitrogen and oxygen atoms in total. The fourth-order valence-corrected chi connectivity index (χ4v) is 2.24. The molecule has 2 amide bonds. The van der Waals surface area contributed by atoms with Crippen LogP contribution in [0.1, 0.15) is 26.7 Å². The minimum atomic E-state index is 0.0618. The molecule has 1 aromatic rings. The molecule has 104 valence electrons. The zero-order chi connectivity index (χ0) is 13.7. The monoisotopic (exact) mass is 261 g/mol. The third-order valence-corrected chi connectivity index (χ3v) is 3.60. The van der Waals surface area contributed by atoms with Crippen molar-refractivity contribution in [2.24, 2.45) is 0 Å². The third kappa shape index (κ3) is 3.88. The topological polar surface area (TPSA) is 44.4 Å². The Morgan fingerprint density at radius 3 is 2.84 bits per heavy atom. The number of likely N-dealkylation sites (tertiary alicyclic amines) is 1. The number of para-hydroxylation sites is 1. The van der Waals surface area contributed by atoms with Crippen molar-refractivity contribution < 1.29 is 4.79 Å². The molecule has 1 saturated heterocycles. The summed E-state index contributed by atoms with van der Waals surface area (Å²) in [5.41, 5.74) is 1.12. The van der Waals surface area contributed by atoms with Crippen molar-refractivity contribution in [3.05, 3.63) is 30.3 Å². The van der Waals surface area contributed by atoms with Gasteiger partial charge in [-0.05, 0) is 31.9 Å². The van der Waals surface area contributed by atoms with Crippen molar-refractivity contribution in [2.45, 2.75) is 38.8 Å². The van der Waals surface area contributed by atoms with Crippen molar-refractivity contribution in [1.29, 1.82) is 0 Å². The van der Waals surface area contributed by atoms with Gasteiger partial charge in [0.15, 0.2) is 0 Å². The van der Waals surface area contributed by atoms with Crippen molar-refractivity contribution in [2.75, 3.05) is 18.4 Å². The van der Waals surface area contributed by atoms with E-state index in [1.165, 1.54) is 0 Å². The normalized spacial score (nSPS) is 20.1. The molecule has 1 aromatic carbocycles. The Balaban J connectivity index is 1.81. The van der Waals surface area contributed by atoms with Gasteiger partial charge in [-0.15, -0.1) is 0 Å². The summed E-state index contributed by atoms with van der Waals surface area (Å²) in [6, 6.07) is 10.8. The van der Waals surface area contributed by atoms with Crippen LogP contribution in [0.2, 0.25) is 0 Å². The number of rotatable bonds is 4. The van der Waals surface area contributed by atoms with E-state index in [9.17, 15) is 4.79 Å². The molecule has 0 aromatic heterocycles. The quantitative estimate of drug-likeness (QED) is 0.875. The molecule has 4 heteroatoms. The van der Waals surface area contributed by atoms with Crippen LogP contribution in [0.25, 0.3) is 0 Å². The first-order chi connectivity index (χ1) is 9.19. The van der Waals surface area contributed by atoms with Crippen molar-refractivity contribution in [3.63, 3.8) is 0 Å². The van der Waals surface area contributed by atoms with Crippen LogP contribution < -0.4 is 10.6 Å². The van der Waals surface area contributed by atoms with E-state index >= 15 is 0 Å². The highest BCUT2D eigenvalue weighted by molar-refractivity contribution is 5.75. The van der Waals surface area contributed by atoms with Crippen LogP contribution in [-0.2, 0) is 0 Å². The summed E-state index contributed by atoms with van der Waals surface area (Å²) in [5.74, 6) is 0. The largest absolute Gasteiger partial charge is 0.380 e. The van der Waals surface area contributed by atoms with Gasteiger partial charge in [0.1, 0.15) is 0 Å². The number of carbonyl (C=O) groups is 1. The maximum absolute atomic E-state index is 12.0. The average molecular weight is 261 g/mol. The van der Waals surface area contributed by atoms with E-state index in [1.807, 2.05) is 30.0 Å². The van der Waals surface area contributed by atoms with Crippen molar-refractivity contribution in [1.82, 2.24) is 10.2 Å². The van der Waals surface area contributed by atoms with Crippen LogP contribution in [0.4, 0.5) is 10.5 Å². The lowest BCUT2D eigenvalue weighted by atomic mass is 10.2. The fourth-order valence-electron chi connectivity index (χ4n) is 2.24. The predicted molar refractivity (Wildman–Crippen MR) is 78.3 cm³/mol. The molecular weight excluding hydrogens is 238 g/mol. The van der Waals surface area contributed by atoms with E-state index in [1.54, 1.807) is 0 Å². The molecule has 1 heterocycles. The maximum Gasteiger partial charge on any atom is 0.317 e. The van der Waals surface area contributed by atoms with Crippen molar-refractivity contribution >= 4 is 11.7 Å². The Morgan fingerprint density at radius 2 is 2.16 bits per heavy atom. The van der Waals surface area contributed by atoms with E-state index in [4.69, 9.17) is 0 Å². The van der Waals surface area contributed by atoms with Crippen molar-refractivity contribution in [3.8, 4) is 0 Å². The van der Waals surface area contributed by atoms with Gasteiger partial charge in [-0.3, -0.25) is 0 Å². The zero-order valence-electron chi connectivity index (χ0n) is 11.7. The Hall–Kier alpha value is -1.71. The molecule has 0 unspecified atom stereocenters. The smallest absolute Gasteiger partial charge is 0.317 e. The number of hydrogen-bond acceptors (Lipinski definition) is 2. The second-order valence-electron chi connectivity index (χ2n) is 5.20. The lowest BCUT2D eigenvalue weighted by molar-refractivity contribution is 0.204. The van der Waals surface area contributed by atoms with Crippen LogP contribution in [0.3, 0.4) is 0 Å². The molecule has 0 spiro atoms. The van der Waals surface area contributed by atoms with Crippen LogP contribution in [-0.4, -0.2) is 36.1 Å². The molecule has 2 atom stereocenters. The van der Waals surface area contributed by atoms with Gasteiger partial charge < -0.3 is 15.5 Å². The number of hydrogen-bond donors (Lipinski definition) is 2. The second kappa shape index (κ2) is 6.45. The summed E-state index contributed by atoms with van der Waals surface area (Å²) < 4.78 is 0. The standard InChI is InChI=1S/C15H23N3O/c1-3-12(2)16-15(19)18-10-9-14(11-18)17-13-7-5-4-6-8-13/h4-8,12,14,17H,3,9-11H2,1-2H3,(H,16,19)/t12-,14+/m0/s1. The number of benzene rings is 1. The van der Waals surface area contributed by atoms with E-state index in [2.05, 4.69) is 29.7 Å². The third-order valence-electron chi connectivity index (χ3n) is 3.60. The summed E-state index contributed by atoms with van der Waals surface area (Å²) in [6.45, 7) is 5.71. The van der Waals surface area contributed by atoms with Crippen LogP contribution in [0.15, 0.2) is 30.3 Å². The van der Waals surface area contributed by atoms with Gasteiger partial charge in [-0.2, -0.15) is 0 Å². The Morgan fingerprint density at radius 1 is 1.42 bits per heavy atom. The first kappa shape index (κ1) is 13.7. The highest BCUT2D eigenvalue weighted by Crippen LogP contribution is 2.15. The van der Waals surface area contributed by atoms with E-state index < -0.39 is 0 Å². The van der Waals surface area contributed by atoms with Gasteiger partial charge >= 0.3 is 6.03 Å². The van der Waals surface area contributed by atoms with Gasteiger partial charge in [0.25, 0.3) is 0 Å².